The molecule has 1 aliphatic heterocycles. The van der Waals surface area contributed by atoms with Crippen LogP contribution in [0.3, 0.4) is 0 Å². The molecule has 0 bridgehead atoms. The highest BCUT2D eigenvalue weighted by molar-refractivity contribution is 8.16. The second-order valence-corrected chi connectivity index (χ2v) is 9.32. The van der Waals surface area contributed by atoms with Crippen molar-refractivity contribution in [3.8, 4) is 11.8 Å². The quantitative estimate of drug-likeness (QED) is 0.637. The first-order valence-electron chi connectivity index (χ1n) is 9.51. The van der Waals surface area contributed by atoms with Gasteiger partial charge in [-0.25, -0.2) is 4.79 Å². The Morgan fingerprint density at radius 1 is 1.13 bits per heavy atom. The fourth-order valence-electron chi connectivity index (χ4n) is 2.70. The molecule has 1 amide bonds. The number of carbonyl (C=O) groups excluding carboxylic acids is 2. The molecule has 6 nitrogen and oxygen atoms in total. The largest absolute Gasteiger partial charge is 0.482 e. The normalized spacial score (nSPS) is 14.9. The third-order valence-corrected chi connectivity index (χ3v) is 7.31. The minimum atomic E-state index is -0.973. The maximum atomic E-state index is 12.2. The van der Waals surface area contributed by atoms with Gasteiger partial charge in [-0.05, 0) is 66.8 Å². The Balaban J connectivity index is 1.43. The molecule has 156 valence electrons. The van der Waals surface area contributed by atoms with E-state index in [0.717, 1.165) is 0 Å². The predicted molar refractivity (Wildman–Crippen MR) is 120 cm³/mol. The fourth-order valence-corrected chi connectivity index (χ4v) is 5.59. The molecule has 1 unspecified atom stereocenters. The predicted octanol–water partition coefficient (Wildman–Crippen LogP) is 4.38. The molecule has 0 radical (unpaired) electrons. The molecule has 0 aromatic heterocycles. The van der Waals surface area contributed by atoms with Crippen molar-refractivity contribution in [3.05, 3.63) is 59.7 Å². The molecule has 2 aromatic carbocycles. The number of benzene rings is 2. The third-order valence-electron chi connectivity index (χ3n) is 4.30. The Morgan fingerprint density at radius 2 is 1.80 bits per heavy atom. The van der Waals surface area contributed by atoms with Gasteiger partial charge in [-0.3, -0.25) is 4.79 Å². The molecule has 1 saturated heterocycles. The number of rotatable bonds is 7. The van der Waals surface area contributed by atoms with Crippen LogP contribution in [0.15, 0.2) is 48.5 Å². The summed E-state index contributed by atoms with van der Waals surface area (Å²) < 4.78 is 11.1. The molecule has 0 saturated carbocycles. The minimum absolute atomic E-state index is 0.277. The first-order valence-corrected chi connectivity index (χ1v) is 11.6. The Kier molecular flexibility index (Phi) is 8.05. The highest BCUT2D eigenvalue weighted by Gasteiger charge is 2.19. The monoisotopic (exact) mass is 442 g/mol. The van der Waals surface area contributed by atoms with Gasteiger partial charge < -0.3 is 14.8 Å². The van der Waals surface area contributed by atoms with Crippen LogP contribution in [0.25, 0.3) is 0 Å². The molecule has 1 fully saturated rings. The van der Waals surface area contributed by atoms with Crippen molar-refractivity contribution in [2.24, 2.45) is 0 Å². The van der Waals surface area contributed by atoms with Crippen molar-refractivity contribution in [1.29, 1.82) is 5.26 Å². The number of hydrogen-bond acceptors (Lipinski definition) is 7. The second kappa shape index (κ2) is 11.0. The summed E-state index contributed by atoms with van der Waals surface area (Å²) >= 11 is 3.90. The number of ether oxygens (including phenoxy) is 2. The number of esters is 1. The molecule has 30 heavy (non-hydrogen) atoms. The van der Waals surface area contributed by atoms with E-state index in [0.29, 0.717) is 21.6 Å². The summed E-state index contributed by atoms with van der Waals surface area (Å²) in [6.07, 6.45) is 0.276. The average Bonchev–Trinajstić information content (AvgIpc) is 2.79. The van der Waals surface area contributed by atoms with Crippen molar-refractivity contribution < 1.29 is 19.1 Å². The van der Waals surface area contributed by atoms with Crippen LogP contribution >= 0.6 is 23.5 Å². The lowest BCUT2D eigenvalue weighted by Gasteiger charge is -2.21. The van der Waals surface area contributed by atoms with Crippen LogP contribution in [0.5, 0.6) is 5.75 Å². The van der Waals surface area contributed by atoms with Gasteiger partial charge >= 0.3 is 5.97 Å². The number of amides is 1. The lowest BCUT2D eigenvalue weighted by molar-refractivity contribution is -0.155. The zero-order valence-electron chi connectivity index (χ0n) is 16.5. The number of thioether (sulfide) groups is 2. The molecular weight excluding hydrogens is 420 g/mol. The van der Waals surface area contributed by atoms with Crippen molar-refractivity contribution in [2.45, 2.75) is 24.0 Å². The molecule has 1 heterocycles. The number of carbonyl (C=O) groups is 2. The molecule has 1 aliphatic rings. The summed E-state index contributed by atoms with van der Waals surface area (Å²) in [6, 6.07) is 16.1. The van der Waals surface area contributed by atoms with Crippen LogP contribution in [0.2, 0.25) is 0 Å². The Morgan fingerprint density at radius 3 is 2.43 bits per heavy atom. The standard InChI is InChI=1S/C22H22N2O4S2/c1-15(21(26)24-18-7-3-16(13-23)4-8-18)28-20(25)14-27-19-9-5-17(6-10-19)22-29-11-2-12-30-22/h3-10,15,22H,2,11-12,14H2,1H3,(H,24,26). The molecular formula is C22H22N2O4S2. The Bertz CT molecular complexity index is 904. The molecule has 1 N–H and O–H groups in total. The summed E-state index contributed by atoms with van der Waals surface area (Å²) in [6.45, 7) is 1.21. The van der Waals surface area contributed by atoms with Crippen molar-refractivity contribution in [1.82, 2.24) is 0 Å². The third kappa shape index (κ3) is 6.44. The number of nitrogens with one attached hydrogen (secondary N) is 1. The fraction of sp³-hybridized carbons (Fsp3) is 0.318. The highest BCUT2D eigenvalue weighted by Crippen LogP contribution is 2.43. The number of anilines is 1. The molecule has 1 atom stereocenters. The summed E-state index contributed by atoms with van der Waals surface area (Å²) in [7, 11) is 0. The van der Waals surface area contributed by atoms with E-state index in [4.69, 9.17) is 14.7 Å². The van der Waals surface area contributed by atoms with Gasteiger partial charge in [-0.2, -0.15) is 5.26 Å². The zero-order chi connectivity index (χ0) is 21.3. The molecule has 0 aliphatic carbocycles. The summed E-state index contributed by atoms with van der Waals surface area (Å²) in [5.74, 6) is 1.85. The maximum Gasteiger partial charge on any atom is 0.344 e. The van der Waals surface area contributed by atoms with E-state index < -0.39 is 18.0 Å². The van der Waals surface area contributed by atoms with Crippen LogP contribution in [-0.2, 0) is 14.3 Å². The lowest BCUT2D eigenvalue weighted by Crippen LogP contribution is -2.31. The van der Waals surface area contributed by atoms with E-state index in [1.165, 1.54) is 30.4 Å². The smallest absolute Gasteiger partial charge is 0.344 e. The van der Waals surface area contributed by atoms with Gasteiger partial charge in [-0.15, -0.1) is 23.5 Å². The minimum Gasteiger partial charge on any atom is -0.482 e. The SMILES string of the molecule is CC(OC(=O)COc1ccc(C2SCCCS2)cc1)C(=O)Nc1ccc(C#N)cc1. The van der Waals surface area contributed by atoms with Crippen molar-refractivity contribution >= 4 is 41.1 Å². The topological polar surface area (TPSA) is 88.4 Å². The van der Waals surface area contributed by atoms with Crippen LogP contribution in [-0.4, -0.2) is 36.1 Å². The summed E-state index contributed by atoms with van der Waals surface area (Å²) in [5, 5.41) is 11.4. The van der Waals surface area contributed by atoms with E-state index in [9.17, 15) is 9.59 Å². The van der Waals surface area contributed by atoms with Gasteiger partial charge in [0.25, 0.3) is 5.91 Å². The second-order valence-electron chi connectivity index (χ2n) is 6.60. The van der Waals surface area contributed by atoms with E-state index in [-0.39, 0.29) is 6.61 Å². The van der Waals surface area contributed by atoms with Gasteiger partial charge in [0.05, 0.1) is 16.2 Å². The van der Waals surface area contributed by atoms with E-state index >= 15 is 0 Å². The van der Waals surface area contributed by atoms with Gasteiger partial charge in [0.1, 0.15) is 5.75 Å². The first-order chi connectivity index (χ1) is 14.5. The average molecular weight is 443 g/mol. The molecule has 3 rings (SSSR count). The zero-order valence-corrected chi connectivity index (χ0v) is 18.1. The van der Waals surface area contributed by atoms with Crippen molar-refractivity contribution in [2.75, 3.05) is 23.4 Å². The molecule has 0 spiro atoms. The Hall–Kier alpha value is -2.63. The van der Waals surface area contributed by atoms with Crippen LogP contribution in [0.4, 0.5) is 5.69 Å². The van der Waals surface area contributed by atoms with Crippen LogP contribution in [0, 0.1) is 11.3 Å². The number of nitrogens with zero attached hydrogens (tertiary/aromatic N) is 1. The Labute approximate surface area is 184 Å². The van der Waals surface area contributed by atoms with Gasteiger partial charge in [-0.1, -0.05) is 12.1 Å². The van der Waals surface area contributed by atoms with E-state index in [2.05, 4.69) is 5.32 Å². The molecule has 2 aromatic rings. The lowest BCUT2D eigenvalue weighted by atomic mass is 10.2. The summed E-state index contributed by atoms with van der Waals surface area (Å²) in [4.78, 5) is 24.2. The maximum absolute atomic E-state index is 12.2. The van der Waals surface area contributed by atoms with E-state index in [1.807, 2.05) is 53.9 Å². The van der Waals surface area contributed by atoms with Gasteiger partial charge in [0, 0.05) is 5.69 Å². The van der Waals surface area contributed by atoms with Crippen LogP contribution < -0.4 is 10.1 Å². The number of hydrogen-bond donors (Lipinski definition) is 1. The first kappa shape index (κ1) is 22.1. The highest BCUT2D eigenvalue weighted by atomic mass is 32.2. The summed E-state index contributed by atoms with van der Waals surface area (Å²) in [5.41, 5.74) is 2.26. The number of nitriles is 1. The van der Waals surface area contributed by atoms with E-state index in [1.54, 1.807) is 24.3 Å². The van der Waals surface area contributed by atoms with Crippen molar-refractivity contribution in [3.63, 3.8) is 0 Å². The van der Waals surface area contributed by atoms with Gasteiger partial charge in [0.15, 0.2) is 12.7 Å². The molecule has 8 heteroatoms. The van der Waals surface area contributed by atoms with Gasteiger partial charge in [0.2, 0.25) is 0 Å². The van der Waals surface area contributed by atoms with Crippen LogP contribution in [0.1, 0.15) is 29.1 Å².